The molecule has 0 aromatic rings. The van der Waals surface area contributed by atoms with Crippen LogP contribution in [-0.4, -0.2) is 97.5 Å². The smallest absolute Gasteiger partial charge is 0.236 e. The van der Waals surface area contributed by atoms with Crippen LogP contribution in [0.1, 0.15) is 285 Å². The Morgan fingerprint density at radius 1 is 0.339 bits per heavy atom. The average Bonchev–Trinajstić information content (AvgIpc) is 3.28. The number of rotatable bonds is 49. The van der Waals surface area contributed by atoms with Crippen molar-refractivity contribution in [3.8, 4) is 0 Å². The second-order valence-electron chi connectivity index (χ2n) is 20.5. The van der Waals surface area contributed by atoms with E-state index >= 15 is 0 Å². The molecular formula is C57H116N4O. The van der Waals surface area contributed by atoms with E-state index < -0.39 is 0 Å². The molecule has 0 bridgehead atoms. The van der Waals surface area contributed by atoms with Crippen molar-refractivity contribution >= 4 is 5.91 Å². The third kappa shape index (κ3) is 37.6. The highest BCUT2D eigenvalue weighted by molar-refractivity contribution is 5.78. The Balaban J connectivity index is 2.63. The van der Waals surface area contributed by atoms with E-state index in [-0.39, 0.29) is 0 Å². The van der Waals surface area contributed by atoms with Crippen LogP contribution in [0.2, 0.25) is 0 Å². The molecule has 1 heterocycles. The number of hydrogen-bond acceptors (Lipinski definition) is 4. The van der Waals surface area contributed by atoms with E-state index in [1.165, 1.54) is 283 Å². The van der Waals surface area contributed by atoms with Gasteiger partial charge in [0.05, 0.1) is 6.54 Å². The molecule has 1 aliphatic rings. The Hall–Kier alpha value is -0.650. The predicted molar refractivity (Wildman–Crippen MR) is 278 cm³/mol. The number of hydrogen-bond donors (Lipinski definition) is 0. The molecule has 370 valence electrons. The summed E-state index contributed by atoms with van der Waals surface area (Å²) in [7, 11) is 0. The van der Waals surface area contributed by atoms with E-state index in [4.69, 9.17) is 0 Å². The summed E-state index contributed by atoms with van der Waals surface area (Å²) in [6, 6.07) is 0. The molecule has 0 N–H and O–H groups in total. The van der Waals surface area contributed by atoms with Crippen LogP contribution < -0.4 is 0 Å². The van der Waals surface area contributed by atoms with Crippen molar-refractivity contribution in [1.29, 1.82) is 0 Å². The van der Waals surface area contributed by atoms with Gasteiger partial charge in [-0.3, -0.25) is 9.69 Å². The van der Waals surface area contributed by atoms with Gasteiger partial charge in [0.25, 0.3) is 0 Å². The van der Waals surface area contributed by atoms with E-state index in [1.807, 2.05) is 0 Å². The first kappa shape index (κ1) is 59.4. The van der Waals surface area contributed by atoms with Gasteiger partial charge in [-0.25, -0.2) is 0 Å². The topological polar surface area (TPSA) is 30.0 Å². The summed E-state index contributed by atoms with van der Waals surface area (Å²) < 4.78 is 0. The van der Waals surface area contributed by atoms with Crippen LogP contribution in [0.3, 0.4) is 0 Å². The SMILES string of the molecule is CCCCCCCCCCCCCCN(CCCCCC)CCC1CCN(C(=O)CN(CCCCCCCCC)CCN(CCCCCCCC)CCCCCCCCC)CC1. The molecule has 0 aromatic carbocycles. The fourth-order valence-corrected chi connectivity index (χ4v) is 9.99. The maximum absolute atomic E-state index is 14.0. The minimum Gasteiger partial charge on any atom is -0.342 e. The van der Waals surface area contributed by atoms with Crippen molar-refractivity contribution < 1.29 is 4.79 Å². The Morgan fingerprint density at radius 2 is 0.597 bits per heavy atom. The van der Waals surface area contributed by atoms with Crippen LogP contribution >= 0.6 is 0 Å². The maximum atomic E-state index is 14.0. The summed E-state index contributed by atoms with van der Waals surface area (Å²) in [6.45, 7) is 23.8. The molecule has 5 heteroatoms. The van der Waals surface area contributed by atoms with Gasteiger partial charge in [0.2, 0.25) is 5.91 Å². The first-order valence-electron chi connectivity index (χ1n) is 29.0. The standard InChI is InChI=1S/C57H116N4O/c1-6-11-16-21-25-26-27-28-29-32-35-38-46-58(45-37-20-15-10-5)50-42-56-43-51-61(52-44-56)57(62)55-60(49-41-36-31-23-18-13-8-3)54-53-59(47-39-33-24-19-14-9-4)48-40-34-30-22-17-12-7-2/h56H,6-55H2,1-5H3. The Kier molecular flexibility index (Phi) is 44.9. The molecule has 1 rings (SSSR count). The van der Waals surface area contributed by atoms with E-state index in [2.05, 4.69) is 54.2 Å². The summed E-state index contributed by atoms with van der Waals surface area (Å²) in [5, 5.41) is 0. The van der Waals surface area contributed by atoms with E-state index in [0.29, 0.717) is 12.5 Å². The van der Waals surface area contributed by atoms with Crippen LogP contribution in [-0.2, 0) is 4.79 Å². The van der Waals surface area contributed by atoms with E-state index in [0.717, 1.165) is 38.6 Å². The fourth-order valence-electron chi connectivity index (χ4n) is 9.99. The second kappa shape index (κ2) is 46.9. The van der Waals surface area contributed by atoms with Crippen molar-refractivity contribution in [2.24, 2.45) is 5.92 Å². The number of unbranched alkanes of at least 4 members (excludes halogenated alkanes) is 31. The lowest BCUT2D eigenvalue weighted by atomic mass is 9.93. The first-order chi connectivity index (χ1) is 30.6. The number of amides is 1. The minimum atomic E-state index is 0.408. The highest BCUT2D eigenvalue weighted by Gasteiger charge is 2.25. The second-order valence-corrected chi connectivity index (χ2v) is 20.5. The lowest BCUT2D eigenvalue weighted by molar-refractivity contribution is -0.134. The van der Waals surface area contributed by atoms with Crippen molar-refractivity contribution in [2.75, 3.05) is 72.0 Å². The minimum absolute atomic E-state index is 0.408. The zero-order valence-corrected chi connectivity index (χ0v) is 43.6. The van der Waals surface area contributed by atoms with Crippen LogP contribution in [0.15, 0.2) is 0 Å². The maximum Gasteiger partial charge on any atom is 0.236 e. The van der Waals surface area contributed by atoms with Gasteiger partial charge in [0.15, 0.2) is 0 Å². The Labute approximate surface area is 391 Å². The van der Waals surface area contributed by atoms with Crippen molar-refractivity contribution in [3.05, 3.63) is 0 Å². The third-order valence-corrected chi connectivity index (χ3v) is 14.6. The summed E-state index contributed by atoms with van der Waals surface area (Å²) in [5.74, 6) is 1.19. The molecule has 0 atom stereocenters. The molecule has 0 aromatic heterocycles. The van der Waals surface area contributed by atoms with Crippen LogP contribution in [0, 0.1) is 5.92 Å². The zero-order valence-electron chi connectivity index (χ0n) is 43.6. The number of carbonyl (C=O) groups excluding carboxylic acids is 1. The molecular weight excluding hydrogens is 757 g/mol. The highest BCUT2D eigenvalue weighted by Crippen LogP contribution is 2.22. The number of piperidine rings is 1. The number of nitrogens with zero attached hydrogens (tertiary/aromatic N) is 4. The molecule has 62 heavy (non-hydrogen) atoms. The van der Waals surface area contributed by atoms with Crippen molar-refractivity contribution in [1.82, 2.24) is 19.6 Å². The molecule has 0 unspecified atom stereocenters. The molecule has 1 amide bonds. The summed E-state index contributed by atoms with van der Waals surface area (Å²) in [4.78, 5) is 24.4. The molecule has 0 spiro atoms. The average molecular weight is 874 g/mol. The number of carbonyl (C=O) groups is 1. The molecule has 0 saturated carbocycles. The molecule has 0 radical (unpaired) electrons. The summed E-state index contributed by atoms with van der Waals surface area (Å²) in [5.41, 5.74) is 0. The fraction of sp³-hybridized carbons (Fsp3) is 0.982. The lowest BCUT2D eigenvalue weighted by Crippen LogP contribution is -2.46. The van der Waals surface area contributed by atoms with Crippen molar-refractivity contribution in [3.63, 3.8) is 0 Å². The van der Waals surface area contributed by atoms with Gasteiger partial charge in [-0.2, -0.15) is 0 Å². The highest BCUT2D eigenvalue weighted by atomic mass is 16.2. The third-order valence-electron chi connectivity index (χ3n) is 14.6. The molecule has 5 nitrogen and oxygen atoms in total. The Bertz CT molecular complexity index is 890. The van der Waals surface area contributed by atoms with Crippen LogP contribution in [0.4, 0.5) is 0 Å². The molecule has 1 fully saturated rings. The molecule has 1 saturated heterocycles. The molecule has 0 aliphatic carbocycles. The van der Waals surface area contributed by atoms with Gasteiger partial charge in [-0.05, 0) is 96.6 Å². The Morgan fingerprint density at radius 3 is 0.935 bits per heavy atom. The zero-order chi connectivity index (χ0) is 44.8. The van der Waals surface area contributed by atoms with E-state index in [1.54, 1.807) is 0 Å². The quantitative estimate of drug-likeness (QED) is 0.0570. The van der Waals surface area contributed by atoms with Gasteiger partial charge in [-0.1, -0.05) is 234 Å². The van der Waals surface area contributed by atoms with Gasteiger partial charge >= 0.3 is 0 Å². The van der Waals surface area contributed by atoms with Gasteiger partial charge in [0, 0.05) is 26.2 Å². The van der Waals surface area contributed by atoms with E-state index in [9.17, 15) is 4.79 Å². The number of likely N-dealkylation sites (tertiary alicyclic amines) is 1. The van der Waals surface area contributed by atoms with Crippen LogP contribution in [0.25, 0.3) is 0 Å². The van der Waals surface area contributed by atoms with Gasteiger partial charge in [0.1, 0.15) is 0 Å². The normalized spacial score (nSPS) is 13.8. The van der Waals surface area contributed by atoms with Crippen molar-refractivity contribution in [2.45, 2.75) is 285 Å². The summed E-state index contributed by atoms with van der Waals surface area (Å²) in [6.07, 6.45) is 53.6. The lowest BCUT2D eigenvalue weighted by Gasteiger charge is -2.35. The monoisotopic (exact) mass is 873 g/mol. The predicted octanol–water partition coefficient (Wildman–Crippen LogP) is 16.7. The first-order valence-corrected chi connectivity index (χ1v) is 29.0. The molecule has 1 aliphatic heterocycles. The largest absolute Gasteiger partial charge is 0.342 e. The summed E-state index contributed by atoms with van der Waals surface area (Å²) >= 11 is 0. The van der Waals surface area contributed by atoms with Crippen LogP contribution in [0.5, 0.6) is 0 Å². The van der Waals surface area contributed by atoms with Gasteiger partial charge < -0.3 is 14.7 Å². The van der Waals surface area contributed by atoms with Gasteiger partial charge in [-0.15, -0.1) is 0 Å².